The van der Waals surface area contributed by atoms with Gasteiger partial charge in [-0.2, -0.15) is 8.78 Å². The van der Waals surface area contributed by atoms with Crippen LogP contribution in [0.1, 0.15) is 22.0 Å². The smallest absolute Gasteiger partial charge is 0.387 e. The molecule has 0 spiro atoms. The second-order valence-corrected chi connectivity index (χ2v) is 6.55. The molecule has 2 aromatic carbocycles. The van der Waals surface area contributed by atoms with E-state index in [9.17, 15) is 18.7 Å². The fourth-order valence-electron chi connectivity index (χ4n) is 3.49. The van der Waals surface area contributed by atoms with Gasteiger partial charge in [0.05, 0.1) is 33.5 Å². The third-order valence-electron chi connectivity index (χ3n) is 4.87. The Labute approximate surface area is 172 Å². The number of aliphatic hydroxyl groups excluding tert-OH is 1. The number of amides is 1. The van der Waals surface area contributed by atoms with E-state index in [1.54, 1.807) is 23.1 Å². The zero-order valence-corrected chi connectivity index (χ0v) is 16.6. The summed E-state index contributed by atoms with van der Waals surface area (Å²) in [5.41, 5.74) is 1.01. The highest BCUT2D eigenvalue weighted by Crippen LogP contribution is 2.36. The van der Waals surface area contributed by atoms with Gasteiger partial charge in [0.1, 0.15) is 11.9 Å². The molecule has 7 nitrogen and oxygen atoms in total. The third-order valence-corrected chi connectivity index (χ3v) is 4.87. The molecule has 0 aliphatic carbocycles. The van der Waals surface area contributed by atoms with Crippen LogP contribution in [0, 0.1) is 0 Å². The van der Waals surface area contributed by atoms with E-state index in [0.29, 0.717) is 29.2 Å². The fraction of sp³-hybridized carbons (Fsp3) is 0.381. The maximum Gasteiger partial charge on any atom is 0.387 e. The van der Waals surface area contributed by atoms with Crippen LogP contribution in [0.2, 0.25) is 0 Å². The van der Waals surface area contributed by atoms with Crippen molar-refractivity contribution >= 4 is 5.91 Å². The molecule has 0 radical (unpaired) electrons. The van der Waals surface area contributed by atoms with E-state index >= 15 is 0 Å². The molecular weight excluding hydrogens is 400 g/mol. The zero-order chi connectivity index (χ0) is 21.7. The highest BCUT2D eigenvalue weighted by atomic mass is 19.3. The van der Waals surface area contributed by atoms with Crippen molar-refractivity contribution in [2.75, 3.05) is 34.0 Å². The molecule has 0 aromatic heterocycles. The number of morpholine rings is 1. The Morgan fingerprint density at radius 2 is 1.87 bits per heavy atom. The Bertz CT molecular complexity index is 861. The van der Waals surface area contributed by atoms with Gasteiger partial charge in [-0.15, -0.1) is 0 Å². The topological polar surface area (TPSA) is 77.5 Å². The van der Waals surface area contributed by atoms with Crippen molar-refractivity contribution in [1.82, 2.24) is 4.90 Å². The average Bonchev–Trinajstić information content (AvgIpc) is 2.77. The summed E-state index contributed by atoms with van der Waals surface area (Å²) >= 11 is 0. The molecule has 0 unspecified atom stereocenters. The van der Waals surface area contributed by atoms with Crippen LogP contribution in [0.4, 0.5) is 8.78 Å². The van der Waals surface area contributed by atoms with Crippen LogP contribution in [-0.4, -0.2) is 62.6 Å². The van der Waals surface area contributed by atoms with Gasteiger partial charge < -0.3 is 29.0 Å². The second-order valence-electron chi connectivity index (χ2n) is 6.55. The van der Waals surface area contributed by atoms with Gasteiger partial charge in [-0.3, -0.25) is 4.79 Å². The summed E-state index contributed by atoms with van der Waals surface area (Å²) in [6.07, 6.45) is -0.637. The van der Waals surface area contributed by atoms with Crippen molar-refractivity contribution < 1.29 is 37.6 Å². The van der Waals surface area contributed by atoms with E-state index in [4.69, 9.17) is 14.2 Å². The first-order valence-electron chi connectivity index (χ1n) is 9.28. The van der Waals surface area contributed by atoms with Crippen molar-refractivity contribution in [3.8, 4) is 17.2 Å². The Kier molecular flexibility index (Phi) is 7.07. The average molecular weight is 423 g/mol. The molecule has 3 rings (SSSR count). The second kappa shape index (κ2) is 9.73. The number of benzene rings is 2. The number of hydrogen-bond donors (Lipinski definition) is 1. The molecule has 0 saturated carbocycles. The normalized spacial score (nSPS) is 18.9. The predicted molar refractivity (Wildman–Crippen MR) is 103 cm³/mol. The molecule has 1 fully saturated rings. The first-order chi connectivity index (χ1) is 14.5. The van der Waals surface area contributed by atoms with Crippen LogP contribution in [0.3, 0.4) is 0 Å². The molecule has 1 amide bonds. The molecule has 1 heterocycles. The molecule has 1 saturated heterocycles. The van der Waals surface area contributed by atoms with Gasteiger partial charge in [-0.05, 0) is 42.0 Å². The Morgan fingerprint density at radius 1 is 1.17 bits per heavy atom. The van der Waals surface area contributed by atoms with E-state index in [1.807, 2.05) is 0 Å². The van der Waals surface area contributed by atoms with Crippen LogP contribution >= 0.6 is 0 Å². The van der Waals surface area contributed by atoms with Crippen LogP contribution in [0.5, 0.6) is 17.2 Å². The Morgan fingerprint density at radius 3 is 2.47 bits per heavy atom. The number of halogens is 2. The summed E-state index contributed by atoms with van der Waals surface area (Å²) in [7, 11) is 3.03. The minimum absolute atomic E-state index is 0.0341. The van der Waals surface area contributed by atoms with Crippen molar-refractivity contribution in [3.63, 3.8) is 0 Å². The highest BCUT2D eigenvalue weighted by molar-refractivity contribution is 5.94. The lowest BCUT2D eigenvalue weighted by Crippen LogP contribution is -2.49. The zero-order valence-electron chi connectivity index (χ0n) is 16.6. The SMILES string of the molecule is COc1ccc([C@@H]2[C@@H](CO)OCCN2C(=O)c2ccc(OC(F)F)cc2)cc1OC. The van der Waals surface area contributed by atoms with Gasteiger partial charge in [0, 0.05) is 12.1 Å². The first kappa shape index (κ1) is 21.8. The first-order valence-corrected chi connectivity index (χ1v) is 9.28. The molecule has 9 heteroatoms. The number of carbonyl (C=O) groups excluding carboxylic acids is 1. The van der Waals surface area contributed by atoms with Crippen molar-refractivity contribution in [3.05, 3.63) is 53.6 Å². The molecule has 0 bridgehead atoms. The summed E-state index contributed by atoms with van der Waals surface area (Å²) < 4.78 is 45.3. The molecule has 30 heavy (non-hydrogen) atoms. The molecule has 1 aliphatic rings. The van der Waals surface area contributed by atoms with Gasteiger partial charge in [-0.25, -0.2) is 0 Å². The van der Waals surface area contributed by atoms with Crippen LogP contribution in [0.15, 0.2) is 42.5 Å². The van der Waals surface area contributed by atoms with Crippen molar-refractivity contribution in [2.45, 2.75) is 18.8 Å². The standard InChI is InChI=1S/C21H23F2NO6/c1-27-16-8-5-14(11-17(16)28-2)19-18(12-25)29-10-9-24(19)20(26)13-3-6-15(7-4-13)30-21(22)23/h3-8,11,18-19,21,25H,9-10,12H2,1-2H3/t18-,19-/m1/s1. The number of carbonyl (C=O) groups is 1. The molecular formula is C21H23F2NO6. The molecule has 162 valence electrons. The van der Waals surface area contributed by atoms with Crippen LogP contribution in [0.25, 0.3) is 0 Å². The minimum Gasteiger partial charge on any atom is -0.493 e. The lowest BCUT2D eigenvalue weighted by atomic mass is 9.96. The number of ether oxygens (including phenoxy) is 4. The summed E-state index contributed by atoms with van der Waals surface area (Å²) in [6.45, 7) is -2.67. The Balaban J connectivity index is 1.92. The molecule has 2 aromatic rings. The minimum atomic E-state index is -2.94. The van der Waals surface area contributed by atoms with E-state index in [2.05, 4.69) is 4.74 Å². The van der Waals surface area contributed by atoms with Crippen LogP contribution < -0.4 is 14.2 Å². The molecule has 1 aliphatic heterocycles. The summed E-state index contributed by atoms with van der Waals surface area (Å²) in [4.78, 5) is 14.8. The summed E-state index contributed by atoms with van der Waals surface area (Å²) in [6, 6.07) is 10.1. The number of hydrogen-bond acceptors (Lipinski definition) is 6. The van der Waals surface area contributed by atoms with Gasteiger partial charge in [0.15, 0.2) is 11.5 Å². The van der Waals surface area contributed by atoms with E-state index in [1.165, 1.54) is 38.5 Å². The highest BCUT2D eigenvalue weighted by Gasteiger charge is 2.37. The Hall–Kier alpha value is -2.91. The fourth-order valence-corrected chi connectivity index (χ4v) is 3.49. The van der Waals surface area contributed by atoms with Crippen molar-refractivity contribution in [2.24, 2.45) is 0 Å². The number of rotatable bonds is 7. The summed E-state index contributed by atoms with van der Waals surface area (Å²) in [5.74, 6) is 0.664. The third kappa shape index (κ3) is 4.63. The van der Waals surface area contributed by atoms with E-state index in [0.717, 1.165) is 0 Å². The predicted octanol–water partition coefficient (Wildman–Crippen LogP) is 2.88. The molecule has 2 atom stereocenters. The van der Waals surface area contributed by atoms with Gasteiger partial charge in [0.2, 0.25) is 0 Å². The van der Waals surface area contributed by atoms with Gasteiger partial charge >= 0.3 is 6.61 Å². The monoisotopic (exact) mass is 423 g/mol. The number of methoxy groups -OCH3 is 2. The largest absolute Gasteiger partial charge is 0.493 e. The number of alkyl halides is 2. The van der Waals surface area contributed by atoms with Crippen molar-refractivity contribution in [1.29, 1.82) is 0 Å². The quantitative estimate of drug-likeness (QED) is 0.738. The maximum absolute atomic E-state index is 13.2. The lowest BCUT2D eigenvalue weighted by molar-refractivity contribution is -0.0811. The van der Waals surface area contributed by atoms with Crippen LogP contribution in [-0.2, 0) is 4.74 Å². The van der Waals surface area contributed by atoms with E-state index in [-0.39, 0.29) is 24.9 Å². The maximum atomic E-state index is 13.2. The number of aliphatic hydroxyl groups is 1. The number of nitrogens with zero attached hydrogens (tertiary/aromatic N) is 1. The van der Waals surface area contributed by atoms with E-state index < -0.39 is 18.8 Å². The summed E-state index contributed by atoms with van der Waals surface area (Å²) in [5, 5.41) is 9.83. The molecule has 1 N–H and O–H groups in total. The van der Waals surface area contributed by atoms with Gasteiger partial charge in [-0.1, -0.05) is 6.07 Å². The lowest BCUT2D eigenvalue weighted by Gasteiger charge is -2.41. The van der Waals surface area contributed by atoms with Gasteiger partial charge in [0.25, 0.3) is 5.91 Å².